The molecule has 0 heterocycles. The second-order valence-corrected chi connectivity index (χ2v) is 6.59. The first-order chi connectivity index (χ1) is 13.5. The fourth-order valence-electron chi connectivity index (χ4n) is 2.72. The van der Waals surface area contributed by atoms with Crippen molar-refractivity contribution in [2.24, 2.45) is 16.6 Å². The molecular weight excluding hydrogens is 485 g/mol. The number of aliphatic hydroxyl groups is 1. The van der Waals surface area contributed by atoms with Crippen molar-refractivity contribution in [3.8, 4) is 0 Å². The number of nitrogens with zero attached hydrogens (tertiary/aromatic N) is 1. The van der Waals surface area contributed by atoms with Gasteiger partial charge in [-0.3, -0.25) is 9.59 Å². The summed E-state index contributed by atoms with van der Waals surface area (Å²) in [7, 11) is 0. The van der Waals surface area contributed by atoms with Gasteiger partial charge in [-0.2, -0.15) is 0 Å². The zero-order valence-corrected chi connectivity index (χ0v) is 19.6. The Kier molecular flexibility index (Phi) is 14.9. The van der Waals surface area contributed by atoms with Gasteiger partial charge in [-0.25, -0.2) is 4.99 Å². The summed E-state index contributed by atoms with van der Waals surface area (Å²) in [6, 6.07) is 7.05. The highest BCUT2D eigenvalue weighted by Crippen LogP contribution is 2.09. The first kappa shape index (κ1) is 27.1. The maximum Gasteiger partial charge on any atom is 0.251 e. The minimum Gasteiger partial charge on any atom is -0.396 e. The summed E-state index contributed by atoms with van der Waals surface area (Å²) < 4.78 is 0. The lowest BCUT2D eigenvalue weighted by molar-refractivity contribution is -0.117. The van der Waals surface area contributed by atoms with Gasteiger partial charge >= 0.3 is 0 Å². The van der Waals surface area contributed by atoms with Crippen molar-refractivity contribution in [1.82, 2.24) is 16.0 Å². The fourth-order valence-corrected chi connectivity index (χ4v) is 2.72. The minimum atomic E-state index is -0.581. The molecular formula is C20H34IN5O3. The Balaban J connectivity index is 0.00000784. The van der Waals surface area contributed by atoms with Crippen molar-refractivity contribution in [1.29, 1.82) is 0 Å². The molecule has 1 aromatic carbocycles. The van der Waals surface area contributed by atoms with Gasteiger partial charge < -0.3 is 26.8 Å². The summed E-state index contributed by atoms with van der Waals surface area (Å²) in [6.07, 6.45) is 2.92. The standard InChI is InChI=1S/C20H33N5O3.HI/c1-3-5-15(10-11-26)12-24-20(22-4-2)25-13-16-6-8-17(9-7-16)19(28)23-14-18(21)27;/h6-9,15,26H,3-5,10-14H2,1-2H3,(H2,21,27)(H,23,28)(H2,22,24,25);1H. The smallest absolute Gasteiger partial charge is 0.251 e. The topological polar surface area (TPSA) is 129 Å². The number of nitrogens with one attached hydrogen (secondary N) is 3. The summed E-state index contributed by atoms with van der Waals surface area (Å²) in [5.74, 6) is 0.222. The van der Waals surface area contributed by atoms with Crippen LogP contribution in [0.5, 0.6) is 0 Å². The average molecular weight is 519 g/mol. The van der Waals surface area contributed by atoms with Gasteiger partial charge in [0.2, 0.25) is 5.91 Å². The highest BCUT2D eigenvalue weighted by Gasteiger charge is 2.09. The van der Waals surface area contributed by atoms with Crippen LogP contribution < -0.4 is 21.7 Å². The number of carbonyl (C=O) groups is 2. The number of rotatable bonds is 12. The van der Waals surface area contributed by atoms with Gasteiger partial charge in [0.15, 0.2) is 5.96 Å². The van der Waals surface area contributed by atoms with Crippen molar-refractivity contribution < 1.29 is 14.7 Å². The van der Waals surface area contributed by atoms with E-state index in [2.05, 4.69) is 27.9 Å². The number of halogens is 1. The zero-order chi connectivity index (χ0) is 20.8. The molecule has 0 saturated carbocycles. The average Bonchev–Trinajstić information content (AvgIpc) is 2.68. The van der Waals surface area contributed by atoms with Gasteiger partial charge in [0.05, 0.1) is 13.1 Å². The number of carbonyl (C=O) groups excluding carboxylic acids is 2. The van der Waals surface area contributed by atoms with Gasteiger partial charge in [0.25, 0.3) is 5.91 Å². The van der Waals surface area contributed by atoms with E-state index in [9.17, 15) is 14.7 Å². The molecule has 6 N–H and O–H groups in total. The predicted molar refractivity (Wildman–Crippen MR) is 126 cm³/mol. The molecule has 1 aromatic rings. The van der Waals surface area contributed by atoms with Crippen LogP contribution in [0.4, 0.5) is 0 Å². The molecule has 2 amide bonds. The summed E-state index contributed by atoms with van der Waals surface area (Å²) >= 11 is 0. The number of primary amides is 1. The molecule has 0 fully saturated rings. The Morgan fingerprint density at radius 1 is 1.10 bits per heavy atom. The molecule has 0 aliphatic rings. The van der Waals surface area contributed by atoms with Gasteiger partial charge in [-0.15, -0.1) is 24.0 Å². The molecule has 1 atom stereocenters. The largest absolute Gasteiger partial charge is 0.396 e. The number of aliphatic imine (C=N–C) groups is 1. The molecule has 9 heteroatoms. The predicted octanol–water partition coefficient (Wildman–Crippen LogP) is 1.37. The third-order valence-electron chi connectivity index (χ3n) is 4.20. The summed E-state index contributed by atoms with van der Waals surface area (Å²) in [5, 5.41) is 18.2. The lowest BCUT2D eigenvalue weighted by atomic mass is 10.0. The first-order valence-corrected chi connectivity index (χ1v) is 9.78. The third kappa shape index (κ3) is 11.6. The van der Waals surface area contributed by atoms with E-state index in [0.717, 1.165) is 43.9 Å². The Bertz CT molecular complexity index is 632. The fraction of sp³-hybridized carbons (Fsp3) is 0.550. The zero-order valence-electron chi connectivity index (χ0n) is 17.2. The van der Waals surface area contributed by atoms with Crippen molar-refractivity contribution in [2.75, 3.05) is 26.2 Å². The SMILES string of the molecule is CCCC(CCO)CNC(=NCc1ccc(C(=O)NCC(N)=O)cc1)NCC.I. The number of hydrogen-bond donors (Lipinski definition) is 5. The monoisotopic (exact) mass is 519 g/mol. The third-order valence-corrected chi connectivity index (χ3v) is 4.20. The van der Waals surface area contributed by atoms with Gasteiger partial charge in [0.1, 0.15) is 0 Å². The number of nitrogens with two attached hydrogens (primary N) is 1. The highest BCUT2D eigenvalue weighted by molar-refractivity contribution is 14.0. The number of benzene rings is 1. The molecule has 0 radical (unpaired) electrons. The van der Waals surface area contributed by atoms with Crippen molar-refractivity contribution >= 4 is 41.8 Å². The maximum atomic E-state index is 11.9. The normalized spacial score (nSPS) is 11.9. The lowest BCUT2D eigenvalue weighted by Gasteiger charge is -2.18. The van der Waals surface area contributed by atoms with Crippen molar-refractivity contribution in [3.05, 3.63) is 35.4 Å². The minimum absolute atomic E-state index is 0. The Morgan fingerprint density at radius 3 is 2.34 bits per heavy atom. The Labute approximate surface area is 190 Å². The lowest BCUT2D eigenvalue weighted by Crippen LogP contribution is -2.40. The second-order valence-electron chi connectivity index (χ2n) is 6.59. The van der Waals surface area contributed by atoms with E-state index >= 15 is 0 Å². The van der Waals surface area contributed by atoms with E-state index in [1.165, 1.54) is 0 Å². The summed E-state index contributed by atoms with van der Waals surface area (Å²) in [6.45, 7) is 6.14. The van der Waals surface area contributed by atoms with Crippen LogP contribution in [0.1, 0.15) is 49.0 Å². The molecule has 8 nitrogen and oxygen atoms in total. The van der Waals surface area contributed by atoms with Gasteiger partial charge in [-0.1, -0.05) is 25.5 Å². The van der Waals surface area contributed by atoms with Crippen LogP contribution in [-0.4, -0.2) is 49.1 Å². The van der Waals surface area contributed by atoms with Crippen molar-refractivity contribution in [2.45, 2.75) is 39.7 Å². The van der Waals surface area contributed by atoms with Crippen LogP contribution in [-0.2, 0) is 11.3 Å². The summed E-state index contributed by atoms with van der Waals surface area (Å²) in [4.78, 5) is 27.2. The number of amides is 2. The second kappa shape index (κ2) is 16.0. The maximum absolute atomic E-state index is 11.9. The first-order valence-electron chi connectivity index (χ1n) is 9.78. The number of guanidine groups is 1. The Hall–Kier alpha value is -1.88. The van der Waals surface area contributed by atoms with Crippen LogP contribution in [0.25, 0.3) is 0 Å². The van der Waals surface area contributed by atoms with Gasteiger partial charge in [-0.05, 0) is 43.4 Å². The van der Waals surface area contributed by atoms with Crippen molar-refractivity contribution in [3.63, 3.8) is 0 Å². The van der Waals surface area contributed by atoms with Gasteiger partial charge in [0, 0.05) is 25.3 Å². The Morgan fingerprint density at radius 2 is 1.79 bits per heavy atom. The van der Waals surface area contributed by atoms with E-state index in [4.69, 9.17) is 5.73 Å². The van der Waals surface area contributed by atoms with Crippen LogP contribution in [0.15, 0.2) is 29.3 Å². The molecule has 0 spiro atoms. The molecule has 0 aliphatic heterocycles. The van der Waals surface area contributed by atoms with E-state index in [1.54, 1.807) is 12.1 Å². The quantitative estimate of drug-likeness (QED) is 0.162. The van der Waals surface area contributed by atoms with E-state index in [0.29, 0.717) is 18.0 Å². The molecule has 1 rings (SSSR count). The molecule has 0 aromatic heterocycles. The number of aliphatic hydroxyl groups excluding tert-OH is 1. The molecule has 29 heavy (non-hydrogen) atoms. The molecule has 0 bridgehead atoms. The molecule has 0 saturated heterocycles. The molecule has 1 unspecified atom stereocenters. The van der Waals surface area contributed by atoms with Crippen LogP contribution in [0.3, 0.4) is 0 Å². The summed E-state index contributed by atoms with van der Waals surface area (Å²) in [5.41, 5.74) is 6.45. The van der Waals surface area contributed by atoms with Crippen LogP contribution >= 0.6 is 24.0 Å². The van der Waals surface area contributed by atoms with E-state index < -0.39 is 5.91 Å². The number of hydrogen-bond acceptors (Lipinski definition) is 4. The molecule has 164 valence electrons. The highest BCUT2D eigenvalue weighted by atomic mass is 127. The van der Waals surface area contributed by atoms with E-state index in [1.807, 2.05) is 19.1 Å². The molecule has 0 aliphatic carbocycles. The van der Waals surface area contributed by atoms with Crippen LogP contribution in [0.2, 0.25) is 0 Å². The van der Waals surface area contributed by atoms with Crippen LogP contribution in [0, 0.1) is 5.92 Å². The van der Waals surface area contributed by atoms with E-state index in [-0.39, 0.29) is 43.0 Å².